The lowest BCUT2D eigenvalue weighted by Crippen LogP contribution is -2.44. The summed E-state index contributed by atoms with van der Waals surface area (Å²) >= 11 is 1.55. The summed E-state index contributed by atoms with van der Waals surface area (Å²) in [5.74, 6) is -0.421. The number of nitrogens with zero attached hydrogens (tertiary/aromatic N) is 2. The zero-order valence-electron chi connectivity index (χ0n) is 11.5. The molecule has 20 heavy (non-hydrogen) atoms. The van der Waals surface area contributed by atoms with Crippen LogP contribution in [0.2, 0.25) is 0 Å². The lowest BCUT2D eigenvalue weighted by molar-refractivity contribution is -0.130. The average molecular weight is 293 g/mol. The van der Waals surface area contributed by atoms with Gasteiger partial charge in [0, 0.05) is 30.5 Å². The molecule has 2 rings (SSSR count). The van der Waals surface area contributed by atoms with Gasteiger partial charge in [-0.05, 0) is 32.3 Å². The number of primary amides is 1. The molecule has 5 nitrogen and oxygen atoms in total. The number of hydrogen-bond donors (Lipinski definition) is 1. The van der Waals surface area contributed by atoms with E-state index in [9.17, 15) is 9.59 Å². The summed E-state index contributed by atoms with van der Waals surface area (Å²) in [4.78, 5) is 29.3. The number of aryl methyl sites for hydroxylation is 1. The largest absolute Gasteiger partial charge is 0.370 e. The van der Waals surface area contributed by atoms with Crippen LogP contribution in [-0.2, 0) is 9.59 Å². The summed E-state index contributed by atoms with van der Waals surface area (Å²) in [7, 11) is 0. The van der Waals surface area contributed by atoms with Crippen molar-refractivity contribution in [3.63, 3.8) is 0 Å². The van der Waals surface area contributed by atoms with Gasteiger partial charge in [0.05, 0.1) is 10.7 Å². The van der Waals surface area contributed by atoms with Crippen molar-refractivity contribution >= 4 is 29.2 Å². The third-order valence-corrected chi connectivity index (χ3v) is 4.17. The SMILES string of the molecule is Cc1nc(/C=C/C(=O)N2CCCC[C@H]2CC(N)=O)cs1. The summed E-state index contributed by atoms with van der Waals surface area (Å²) in [6.45, 7) is 2.62. The van der Waals surface area contributed by atoms with Gasteiger partial charge in [-0.15, -0.1) is 11.3 Å². The highest BCUT2D eigenvalue weighted by molar-refractivity contribution is 7.09. The number of nitrogens with two attached hydrogens (primary N) is 1. The van der Waals surface area contributed by atoms with Crippen molar-refractivity contribution in [2.24, 2.45) is 5.73 Å². The standard InChI is InChI=1S/C14H19N3O2S/c1-10-16-11(9-20-10)5-6-14(19)17-7-3-2-4-12(17)8-13(15)18/h5-6,9,12H,2-4,7-8H2,1H3,(H2,15,18)/b6-5+/t12-/m0/s1. The first kappa shape index (κ1) is 14.7. The Balaban J connectivity index is 2.02. The number of aromatic nitrogens is 1. The molecule has 1 aliphatic heterocycles. The van der Waals surface area contributed by atoms with E-state index in [2.05, 4.69) is 4.98 Å². The molecule has 1 atom stereocenters. The normalized spacial score (nSPS) is 19.4. The molecule has 2 amide bonds. The van der Waals surface area contributed by atoms with Crippen LogP contribution in [0.15, 0.2) is 11.5 Å². The summed E-state index contributed by atoms with van der Waals surface area (Å²) in [6.07, 6.45) is 6.37. The Hall–Kier alpha value is -1.69. The maximum absolute atomic E-state index is 12.2. The molecule has 1 fully saturated rings. The van der Waals surface area contributed by atoms with Gasteiger partial charge in [-0.1, -0.05) is 0 Å². The second-order valence-corrected chi connectivity index (χ2v) is 6.04. The number of carbonyl (C=O) groups is 2. The Bertz CT molecular complexity index is 524. The number of thiazole rings is 1. The highest BCUT2D eigenvalue weighted by Gasteiger charge is 2.26. The van der Waals surface area contributed by atoms with E-state index in [1.165, 1.54) is 6.08 Å². The topological polar surface area (TPSA) is 76.3 Å². The number of carbonyl (C=O) groups excluding carboxylic acids is 2. The van der Waals surface area contributed by atoms with E-state index >= 15 is 0 Å². The number of piperidine rings is 1. The Morgan fingerprint density at radius 1 is 1.55 bits per heavy atom. The van der Waals surface area contributed by atoms with Crippen LogP contribution < -0.4 is 5.73 Å². The molecule has 0 aliphatic carbocycles. The van der Waals surface area contributed by atoms with E-state index in [0.717, 1.165) is 30.0 Å². The van der Waals surface area contributed by atoms with Crippen molar-refractivity contribution in [1.82, 2.24) is 9.88 Å². The molecule has 0 aromatic carbocycles. The molecule has 1 saturated heterocycles. The van der Waals surface area contributed by atoms with E-state index in [0.29, 0.717) is 6.54 Å². The average Bonchev–Trinajstić information content (AvgIpc) is 2.82. The fourth-order valence-corrected chi connectivity index (χ4v) is 3.02. The Kier molecular flexibility index (Phi) is 4.89. The molecule has 108 valence electrons. The molecule has 1 aromatic rings. The molecule has 2 N–H and O–H groups in total. The summed E-state index contributed by atoms with van der Waals surface area (Å²) in [6, 6.07) is -0.0597. The van der Waals surface area contributed by atoms with Crippen molar-refractivity contribution in [3.8, 4) is 0 Å². The molecule has 0 saturated carbocycles. The molecular weight excluding hydrogens is 274 g/mol. The van der Waals surface area contributed by atoms with Gasteiger partial charge in [-0.2, -0.15) is 0 Å². The highest BCUT2D eigenvalue weighted by Crippen LogP contribution is 2.20. The van der Waals surface area contributed by atoms with Crippen molar-refractivity contribution in [2.45, 2.75) is 38.6 Å². The minimum Gasteiger partial charge on any atom is -0.370 e. The molecule has 0 unspecified atom stereocenters. The van der Waals surface area contributed by atoms with Gasteiger partial charge in [0.15, 0.2) is 0 Å². The lowest BCUT2D eigenvalue weighted by Gasteiger charge is -2.34. The fraction of sp³-hybridized carbons (Fsp3) is 0.500. The maximum Gasteiger partial charge on any atom is 0.246 e. The van der Waals surface area contributed by atoms with Gasteiger partial charge in [0.1, 0.15) is 0 Å². The predicted octanol–water partition coefficient (Wildman–Crippen LogP) is 1.72. The third-order valence-electron chi connectivity index (χ3n) is 3.38. The second-order valence-electron chi connectivity index (χ2n) is 4.98. The molecular formula is C14H19N3O2S. The van der Waals surface area contributed by atoms with Crippen LogP contribution in [0.5, 0.6) is 0 Å². The minimum absolute atomic E-state index is 0.0597. The van der Waals surface area contributed by atoms with E-state index < -0.39 is 0 Å². The predicted molar refractivity (Wildman–Crippen MR) is 79.0 cm³/mol. The smallest absolute Gasteiger partial charge is 0.246 e. The van der Waals surface area contributed by atoms with Crippen LogP contribution in [0.3, 0.4) is 0 Å². The minimum atomic E-state index is -0.353. The first-order valence-corrected chi connectivity index (χ1v) is 7.63. The van der Waals surface area contributed by atoms with Crippen LogP contribution in [0.25, 0.3) is 6.08 Å². The van der Waals surface area contributed by atoms with E-state index in [1.807, 2.05) is 12.3 Å². The lowest BCUT2D eigenvalue weighted by atomic mass is 9.99. The molecule has 0 spiro atoms. The number of amides is 2. The van der Waals surface area contributed by atoms with Gasteiger partial charge in [-0.3, -0.25) is 9.59 Å². The van der Waals surface area contributed by atoms with Crippen LogP contribution in [0.1, 0.15) is 36.4 Å². The zero-order valence-corrected chi connectivity index (χ0v) is 12.4. The number of rotatable bonds is 4. The zero-order chi connectivity index (χ0) is 14.5. The van der Waals surface area contributed by atoms with Crippen molar-refractivity contribution in [2.75, 3.05) is 6.54 Å². The highest BCUT2D eigenvalue weighted by atomic mass is 32.1. The summed E-state index contributed by atoms with van der Waals surface area (Å²) in [5, 5.41) is 2.89. The fourth-order valence-electron chi connectivity index (χ4n) is 2.44. The monoisotopic (exact) mass is 293 g/mol. The van der Waals surface area contributed by atoms with Crippen molar-refractivity contribution in [3.05, 3.63) is 22.2 Å². The van der Waals surface area contributed by atoms with Gasteiger partial charge in [-0.25, -0.2) is 4.98 Å². The number of likely N-dealkylation sites (tertiary alicyclic amines) is 1. The van der Waals surface area contributed by atoms with Gasteiger partial charge in [0.2, 0.25) is 11.8 Å². The van der Waals surface area contributed by atoms with Gasteiger partial charge >= 0.3 is 0 Å². The molecule has 1 aromatic heterocycles. The van der Waals surface area contributed by atoms with Gasteiger partial charge < -0.3 is 10.6 Å². The summed E-state index contributed by atoms with van der Waals surface area (Å²) in [5.41, 5.74) is 6.05. The van der Waals surface area contributed by atoms with Crippen LogP contribution in [-0.4, -0.2) is 34.3 Å². The Morgan fingerprint density at radius 2 is 2.35 bits per heavy atom. The molecule has 0 radical (unpaired) electrons. The molecule has 1 aliphatic rings. The van der Waals surface area contributed by atoms with Crippen molar-refractivity contribution in [1.29, 1.82) is 0 Å². The second kappa shape index (κ2) is 6.65. The summed E-state index contributed by atoms with van der Waals surface area (Å²) < 4.78 is 0. The third kappa shape index (κ3) is 3.90. The first-order valence-electron chi connectivity index (χ1n) is 6.75. The van der Waals surface area contributed by atoms with E-state index in [4.69, 9.17) is 5.73 Å². The Labute approximate surface area is 122 Å². The quantitative estimate of drug-likeness (QED) is 0.859. The van der Waals surface area contributed by atoms with Crippen molar-refractivity contribution < 1.29 is 9.59 Å². The van der Waals surface area contributed by atoms with E-state index in [1.54, 1.807) is 22.3 Å². The van der Waals surface area contributed by atoms with Crippen LogP contribution in [0.4, 0.5) is 0 Å². The number of hydrogen-bond acceptors (Lipinski definition) is 4. The molecule has 0 bridgehead atoms. The molecule has 6 heteroatoms. The van der Waals surface area contributed by atoms with Gasteiger partial charge in [0.25, 0.3) is 0 Å². The molecule has 2 heterocycles. The first-order chi connectivity index (χ1) is 9.56. The maximum atomic E-state index is 12.2. The van der Waals surface area contributed by atoms with Crippen LogP contribution >= 0.6 is 11.3 Å². The van der Waals surface area contributed by atoms with Crippen LogP contribution in [0, 0.1) is 6.92 Å². The van der Waals surface area contributed by atoms with E-state index in [-0.39, 0.29) is 24.3 Å². The Morgan fingerprint density at radius 3 is 3.00 bits per heavy atom.